The van der Waals surface area contributed by atoms with E-state index < -0.39 is 11.2 Å². The molecule has 0 fully saturated rings. The lowest BCUT2D eigenvalue weighted by Gasteiger charge is -2.24. The maximum Gasteiger partial charge on any atom is 0.320 e. The molecule has 1 aromatic carbocycles. The molecule has 7 heteroatoms. The number of ether oxygens (including phenoxy) is 2. The first-order chi connectivity index (χ1) is 11.6. The molecule has 0 aliphatic heterocycles. The molecule has 2 aromatic rings. The van der Waals surface area contributed by atoms with Crippen molar-refractivity contribution >= 4 is 5.69 Å². The molecular formula is C18H23N5O2. The molecule has 0 bridgehead atoms. The van der Waals surface area contributed by atoms with Gasteiger partial charge in [0.2, 0.25) is 5.88 Å². The molecule has 0 spiro atoms. The average molecular weight is 341 g/mol. The fourth-order valence-corrected chi connectivity index (χ4v) is 2.03. The van der Waals surface area contributed by atoms with E-state index in [2.05, 4.69) is 20.0 Å². The quantitative estimate of drug-likeness (QED) is 0.420. The van der Waals surface area contributed by atoms with Crippen molar-refractivity contribution in [3.05, 3.63) is 40.9 Å². The molecule has 0 saturated heterocycles. The maximum atomic E-state index is 8.63. The number of nitrogens with zero attached hydrogens (tertiary/aromatic N) is 5. The highest BCUT2D eigenvalue weighted by Crippen LogP contribution is 2.33. The molecule has 1 heterocycles. The van der Waals surface area contributed by atoms with Crippen molar-refractivity contribution in [1.82, 2.24) is 9.97 Å². The third kappa shape index (κ3) is 5.65. The Bertz CT molecular complexity index is 800. The Morgan fingerprint density at radius 2 is 1.72 bits per heavy atom. The molecule has 0 N–H and O–H groups in total. The Balaban J connectivity index is 2.52. The Morgan fingerprint density at radius 1 is 1.04 bits per heavy atom. The first-order valence-corrected chi connectivity index (χ1v) is 7.98. The van der Waals surface area contributed by atoms with Gasteiger partial charge >= 0.3 is 6.01 Å². The minimum absolute atomic E-state index is 0.252. The molecule has 0 saturated carbocycles. The monoisotopic (exact) mass is 341 g/mol. The van der Waals surface area contributed by atoms with Gasteiger partial charge in [0.05, 0.1) is 5.56 Å². The Morgan fingerprint density at radius 3 is 2.32 bits per heavy atom. The fraction of sp³-hybridized carbons (Fsp3) is 0.444. The fourth-order valence-electron chi connectivity index (χ4n) is 2.03. The molecule has 0 unspecified atom stereocenters. The van der Waals surface area contributed by atoms with Crippen molar-refractivity contribution in [3.8, 4) is 23.0 Å². The summed E-state index contributed by atoms with van der Waals surface area (Å²) in [6.45, 7) is 11.6. The van der Waals surface area contributed by atoms with E-state index in [0.29, 0.717) is 17.1 Å². The van der Waals surface area contributed by atoms with Crippen LogP contribution in [0.1, 0.15) is 41.5 Å². The molecule has 0 atom stereocenters. The van der Waals surface area contributed by atoms with Gasteiger partial charge in [0, 0.05) is 16.8 Å². The number of hydrogen-bond acceptors (Lipinski definition) is 5. The van der Waals surface area contributed by atoms with Gasteiger partial charge in [-0.1, -0.05) is 23.3 Å². The van der Waals surface area contributed by atoms with E-state index in [4.69, 9.17) is 15.0 Å². The topological polar surface area (TPSA) is 93.0 Å². The third-order valence-corrected chi connectivity index (χ3v) is 2.85. The van der Waals surface area contributed by atoms with Crippen molar-refractivity contribution in [3.63, 3.8) is 0 Å². The van der Waals surface area contributed by atoms with E-state index in [1.54, 1.807) is 24.4 Å². The van der Waals surface area contributed by atoms with Gasteiger partial charge in [-0.2, -0.15) is 4.98 Å². The van der Waals surface area contributed by atoms with Gasteiger partial charge in [-0.3, -0.25) is 0 Å². The molecule has 7 nitrogen and oxygen atoms in total. The van der Waals surface area contributed by atoms with E-state index in [1.807, 2.05) is 47.6 Å². The molecule has 2 rings (SSSR count). The van der Waals surface area contributed by atoms with Crippen LogP contribution in [-0.2, 0) is 0 Å². The predicted molar refractivity (Wildman–Crippen MR) is 97.0 cm³/mol. The van der Waals surface area contributed by atoms with Crippen molar-refractivity contribution in [2.75, 3.05) is 0 Å². The zero-order valence-corrected chi connectivity index (χ0v) is 15.4. The summed E-state index contributed by atoms with van der Waals surface area (Å²) >= 11 is 0. The minimum atomic E-state index is -0.440. The van der Waals surface area contributed by atoms with Crippen LogP contribution in [0.15, 0.2) is 35.6 Å². The Hall–Kier alpha value is -2.79. The predicted octanol–water partition coefficient (Wildman–Crippen LogP) is 5.44. The van der Waals surface area contributed by atoms with Gasteiger partial charge < -0.3 is 9.47 Å². The van der Waals surface area contributed by atoms with Crippen LogP contribution in [0.25, 0.3) is 21.6 Å². The number of rotatable bonds is 4. The van der Waals surface area contributed by atoms with Crippen LogP contribution >= 0.6 is 0 Å². The number of benzene rings is 1. The van der Waals surface area contributed by atoms with E-state index in [1.165, 1.54) is 0 Å². The van der Waals surface area contributed by atoms with Crippen LogP contribution in [0.2, 0.25) is 0 Å². The molecule has 0 aliphatic carbocycles. The normalized spacial score (nSPS) is 11.6. The SMILES string of the molecule is CC(C)(C)Oc1ncc(-c2cccc(N=[N+]=[N-])c2)c(OC(C)(C)C)n1. The first kappa shape index (κ1) is 18.5. The molecule has 1 aromatic heterocycles. The van der Waals surface area contributed by atoms with Crippen LogP contribution in [0.5, 0.6) is 11.9 Å². The summed E-state index contributed by atoms with van der Waals surface area (Å²) in [5, 5.41) is 3.64. The van der Waals surface area contributed by atoms with Crippen LogP contribution in [0, 0.1) is 0 Å². The molecule has 0 aliphatic rings. The first-order valence-electron chi connectivity index (χ1n) is 7.98. The maximum absolute atomic E-state index is 8.63. The van der Waals surface area contributed by atoms with Crippen LogP contribution < -0.4 is 9.47 Å². The summed E-state index contributed by atoms with van der Waals surface area (Å²) in [5.41, 5.74) is 9.78. The van der Waals surface area contributed by atoms with Gasteiger partial charge in [0.15, 0.2) is 0 Å². The van der Waals surface area contributed by atoms with Gasteiger partial charge in [-0.25, -0.2) is 4.98 Å². The van der Waals surface area contributed by atoms with E-state index >= 15 is 0 Å². The van der Waals surface area contributed by atoms with Crippen LogP contribution in [-0.4, -0.2) is 21.2 Å². The van der Waals surface area contributed by atoms with E-state index in [0.717, 1.165) is 5.56 Å². The van der Waals surface area contributed by atoms with Crippen LogP contribution in [0.3, 0.4) is 0 Å². The van der Waals surface area contributed by atoms with Crippen molar-refractivity contribution < 1.29 is 9.47 Å². The average Bonchev–Trinajstić information content (AvgIpc) is 2.44. The standard InChI is InChI=1S/C18H23N5O2/c1-17(2,3)24-15-14(11-20-16(21-15)25-18(4,5)6)12-8-7-9-13(10-12)22-23-19/h7-11H,1-6H3. The second-order valence-electron chi connectivity index (χ2n) is 7.54. The van der Waals surface area contributed by atoms with Gasteiger partial charge in [0.1, 0.15) is 11.2 Å². The molecule has 25 heavy (non-hydrogen) atoms. The van der Waals surface area contributed by atoms with Crippen molar-refractivity contribution in [1.29, 1.82) is 0 Å². The number of azide groups is 1. The highest BCUT2D eigenvalue weighted by Gasteiger charge is 2.21. The van der Waals surface area contributed by atoms with E-state index in [-0.39, 0.29) is 6.01 Å². The third-order valence-electron chi connectivity index (χ3n) is 2.85. The lowest BCUT2D eigenvalue weighted by molar-refractivity contribution is 0.103. The second-order valence-corrected chi connectivity index (χ2v) is 7.54. The summed E-state index contributed by atoms with van der Waals surface area (Å²) in [6.07, 6.45) is 1.66. The zero-order chi connectivity index (χ0) is 18.7. The summed E-state index contributed by atoms with van der Waals surface area (Å²) in [5.74, 6) is 0.417. The molecule has 0 amide bonds. The van der Waals surface area contributed by atoms with Gasteiger partial charge in [-0.05, 0) is 58.7 Å². The van der Waals surface area contributed by atoms with Gasteiger partial charge in [-0.15, -0.1) is 0 Å². The molecular weight excluding hydrogens is 318 g/mol. The molecule has 0 radical (unpaired) electrons. The van der Waals surface area contributed by atoms with Crippen molar-refractivity contribution in [2.24, 2.45) is 5.11 Å². The lowest BCUT2D eigenvalue weighted by atomic mass is 10.1. The van der Waals surface area contributed by atoms with E-state index in [9.17, 15) is 0 Å². The minimum Gasteiger partial charge on any atom is -0.471 e. The zero-order valence-electron chi connectivity index (χ0n) is 15.4. The van der Waals surface area contributed by atoms with Crippen LogP contribution in [0.4, 0.5) is 5.69 Å². The van der Waals surface area contributed by atoms with Gasteiger partial charge in [0.25, 0.3) is 0 Å². The summed E-state index contributed by atoms with van der Waals surface area (Å²) in [4.78, 5) is 11.5. The largest absolute Gasteiger partial charge is 0.471 e. The number of aromatic nitrogens is 2. The smallest absolute Gasteiger partial charge is 0.320 e. The van der Waals surface area contributed by atoms with Crippen molar-refractivity contribution in [2.45, 2.75) is 52.7 Å². The summed E-state index contributed by atoms with van der Waals surface area (Å²) in [7, 11) is 0. The Kier molecular flexibility index (Phi) is 5.18. The lowest BCUT2D eigenvalue weighted by Crippen LogP contribution is -2.26. The number of hydrogen-bond donors (Lipinski definition) is 0. The highest BCUT2D eigenvalue weighted by molar-refractivity contribution is 5.70. The second kappa shape index (κ2) is 6.99. The molecule has 132 valence electrons. The summed E-state index contributed by atoms with van der Waals surface area (Å²) in [6, 6.07) is 7.43. The highest BCUT2D eigenvalue weighted by atomic mass is 16.5. The Labute approximate surface area is 147 Å². The summed E-state index contributed by atoms with van der Waals surface area (Å²) < 4.78 is 11.7.